The molecule has 3 nitrogen and oxygen atoms in total. The number of aromatic amines is 1. The Balaban J connectivity index is 2.60. The van der Waals surface area contributed by atoms with E-state index in [4.69, 9.17) is 0 Å². The molecule has 0 bridgehead atoms. The first-order chi connectivity index (χ1) is 7.77. The summed E-state index contributed by atoms with van der Waals surface area (Å²) in [7, 11) is 1.94. The van der Waals surface area contributed by atoms with Gasteiger partial charge in [0.2, 0.25) is 0 Å². The fourth-order valence-electron chi connectivity index (χ4n) is 2.14. The summed E-state index contributed by atoms with van der Waals surface area (Å²) in [5.74, 6) is 0. The van der Waals surface area contributed by atoms with E-state index in [1.165, 1.54) is 5.56 Å². The highest BCUT2D eigenvalue weighted by molar-refractivity contribution is 5.99. The Hall–Kier alpha value is -1.61. The van der Waals surface area contributed by atoms with E-state index in [-0.39, 0.29) is 0 Å². The van der Waals surface area contributed by atoms with Gasteiger partial charge in [0, 0.05) is 22.2 Å². The molecular weight excluding hydrogens is 200 g/mol. The Labute approximate surface area is 94.9 Å². The van der Waals surface area contributed by atoms with Crippen molar-refractivity contribution < 1.29 is 4.79 Å². The number of carbonyl (C=O) groups is 1. The van der Waals surface area contributed by atoms with Crippen LogP contribution in [0.5, 0.6) is 0 Å². The zero-order valence-corrected chi connectivity index (χ0v) is 9.63. The van der Waals surface area contributed by atoms with Gasteiger partial charge in [0.1, 0.15) is 0 Å². The Bertz CT molecular complexity index is 514. The molecule has 0 fully saturated rings. The minimum absolute atomic E-state index is 0.771. The SMILES string of the molecule is CNCCc1c(C)[nH]c2cccc(C=O)c12. The molecule has 1 aromatic heterocycles. The Morgan fingerprint density at radius 2 is 2.25 bits per heavy atom. The van der Waals surface area contributed by atoms with Crippen molar-refractivity contribution in [2.45, 2.75) is 13.3 Å². The van der Waals surface area contributed by atoms with Crippen LogP contribution in [0.2, 0.25) is 0 Å². The average molecular weight is 216 g/mol. The lowest BCUT2D eigenvalue weighted by Gasteiger charge is -2.02. The lowest BCUT2D eigenvalue weighted by atomic mass is 10.0. The number of nitrogens with one attached hydrogen (secondary N) is 2. The minimum Gasteiger partial charge on any atom is -0.358 e. The third-order valence-electron chi connectivity index (χ3n) is 2.93. The van der Waals surface area contributed by atoms with Crippen LogP contribution in [-0.2, 0) is 6.42 Å². The first kappa shape index (κ1) is 10.9. The van der Waals surface area contributed by atoms with Crippen molar-refractivity contribution >= 4 is 17.2 Å². The third-order valence-corrected chi connectivity index (χ3v) is 2.93. The molecule has 0 saturated carbocycles. The largest absolute Gasteiger partial charge is 0.358 e. The van der Waals surface area contributed by atoms with Crippen LogP contribution in [0.25, 0.3) is 10.9 Å². The summed E-state index contributed by atoms with van der Waals surface area (Å²) in [5, 5.41) is 4.21. The Morgan fingerprint density at radius 1 is 1.44 bits per heavy atom. The molecule has 0 aliphatic heterocycles. The van der Waals surface area contributed by atoms with Crippen LogP contribution in [0.3, 0.4) is 0 Å². The highest BCUT2D eigenvalue weighted by Gasteiger charge is 2.10. The van der Waals surface area contributed by atoms with Gasteiger partial charge in [0.05, 0.1) is 0 Å². The minimum atomic E-state index is 0.771. The fourth-order valence-corrected chi connectivity index (χ4v) is 2.14. The van der Waals surface area contributed by atoms with Crippen molar-refractivity contribution in [3.05, 3.63) is 35.0 Å². The highest BCUT2D eigenvalue weighted by Crippen LogP contribution is 2.25. The standard InChI is InChI=1S/C13H16N2O/c1-9-11(6-7-14-2)13-10(8-16)4-3-5-12(13)15-9/h3-5,8,14-15H,6-7H2,1-2H3. The molecular formula is C13H16N2O. The quantitative estimate of drug-likeness (QED) is 0.768. The van der Waals surface area contributed by atoms with Gasteiger partial charge in [-0.25, -0.2) is 0 Å². The summed E-state index contributed by atoms with van der Waals surface area (Å²) in [6, 6.07) is 5.79. The molecule has 0 spiro atoms. The van der Waals surface area contributed by atoms with E-state index in [1.807, 2.05) is 25.2 Å². The van der Waals surface area contributed by atoms with Gasteiger partial charge in [-0.05, 0) is 38.6 Å². The highest BCUT2D eigenvalue weighted by atomic mass is 16.1. The number of aldehydes is 1. The Morgan fingerprint density at radius 3 is 2.94 bits per heavy atom. The fraction of sp³-hybridized carbons (Fsp3) is 0.308. The van der Waals surface area contributed by atoms with Crippen molar-refractivity contribution in [1.82, 2.24) is 10.3 Å². The number of likely N-dealkylation sites (N-methyl/N-ethyl adjacent to an activating group) is 1. The molecule has 0 radical (unpaired) electrons. The lowest BCUT2D eigenvalue weighted by Crippen LogP contribution is -2.10. The van der Waals surface area contributed by atoms with Crippen LogP contribution in [0.4, 0.5) is 0 Å². The summed E-state index contributed by atoms with van der Waals surface area (Å²) in [5.41, 5.74) is 4.22. The van der Waals surface area contributed by atoms with Crippen LogP contribution in [0, 0.1) is 6.92 Å². The van der Waals surface area contributed by atoms with Gasteiger partial charge in [-0.15, -0.1) is 0 Å². The average Bonchev–Trinajstić information content (AvgIpc) is 2.62. The van der Waals surface area contributed by atoms with Crippen LogP contribution in [-0.4, -0.2) is 24.9 Å². The first-order valence-corrected chi connectivity index (χ1v) is 5.48. The number of rotatable bonds is 4. The molecule has 2 rings (SSSR count). The first-order valence-electron chi connectivity index (χ1n) is 5.48. The van der Waals surface area contributed by atoms with E-state index >= 15 is 0 Å². The molecule has 2 aromatic rings. The van der Waals surface area contributed by atoms with Crippen molar-refractivity contribution in [3.8, 4) is 0 Å². The molecule has 1 aromatic carbocycles. The molecule has 1 heterocycles. The zero-order chi connectivity index (χ0) is 11.5. The molecule has 0 aliphatic carbocycles. The lowest BCUT2D eigenvalue weighted by molar-refractivity contribution is 0.112. The van der Waals surface area contributed by atoms with E-state index in [0.717, 1.165) is 41.4 Å². The maximum atomic E-state index is 11.0. The topological polar surface area (TPSA) is 44.9 Å². The van der Waals surface area contributed by atoms with Crippen molar-refractivity contribution in [1.29, 1.82) is 0 Å². The maximum absolute atomic E-state index is 11.0. The summed E-state index contributed by atoms with van der Waals surface area (Å²) in [4.78, 5) is 14.4. The van der Waals surface area contributed by atoms with E-state index in [9.17, 15) is 4.79 Å². The van der Waals surface area contributed by atoms with Gasteiger partial charge in [-0.2, -0.15) is 0 Å². The van der Waals surface area contributed by atoms with Crippen molar-refractivity contribution in [3.63, 3.8) is 0 Å². The molecule has 84 valence electrons. The van der Waals surface area contributed by atoms with E-state index in [2.05, 4.69) is 17.2 Å². The Kier molecular flexibility index (Phi) is 3.06. The van der Waals surface area contributed by atoms with Crippen LogP contribution >= 0.6 is 0 Å². The van der Waals surface area contributed by atoms with Gasteiger partial charge in [-0.1, -0.05) is 12.1 Å². The van der Waals surface area contributed by atoms with Gasteiger partial charge in [0.15, 0.2) is 6.29 Å². The van der Waals surface area contributed by atoms with Crippen LogP contribution in [0.1, 0.15) is 21.6 Å². The number of benzene rings is 1. The van der Waals surface area contributed by atoms with Gasteiger partial charge < -0.3 is 10.3 Å². The maximum Gasteiger partial charge on any atom is 0.150 e. The third kappa shape index (κ3) is 1.74. The molecule has 0 amide bonds. The van der Waals surface area contributed by atoms with E-state index in [0.29, 0.717) is 0 Å². The molecule has 2 N–H and O–H groups in total. The smallest absolute Gasteiger partial charge is 0.150 e. The zero-order valence-electron chi connectivity index (χ0n) is 9.63. The number of carbonyl (C=O) groups excluding carboxylic acids is 1. The van der Waals surface area contributed by atoms with Crippen LogP contribution < -0.4 is 5.32 Å². The van der Waals surface area contributed by atoms with E-state index < -0.39 is 0 Å². The number of fused-ring (bicyclic) bond motifs is 1. The molecule has 0 saturated heterocycles. The summed E-state index contributed by atoms with van der Waals surface area (Å²) < 4.78 is 0. The number of hydrogen-bond acceptors (Lipinski definition) is 2. The van der Waals surface area contributed by atoms with Crippen molar-refractivity contribution in [2.75, 3.05) is 13.6 Å². The summed E-state index contributed by atoms with van der Waals surface area (Å²) in [6.45, 7) is 2.97. The normalized spacial score (nSPS) is 10.9. The molecule has 3 heteroatoms. The predicted octanol–water partition coefficient (Wildman–Crippen LogP) is 2.05. The summed E-state index contributed by atoms with van der Waals surface area (Å²) in [6.07, 6.45) is 1.87. The summed E-state index contributed by atoms with van der Waals surface area (Å²) >= 11 is 0. The van der Waals surface area contributed by atoms with Gasteiger partial charge in [0.25, 0.3) is 0 Å². The molecule has 0 aliphatic rings. The molecule has 0 unspecified atom stereocenters. The number of aryl methyl sites for hydroxylation is 1. The van der Waals surface area contributed by atoms with E-state index in [1.54, 1.807) is 0 Å². The second kappa shape index (κ2) is 4.49. The number of hydrogen-bond donors (Lipinski definition) is 2. The van der Waals surface area contributed by atoms with Gasteiger partial charge >= 0.3 is 0 Å². The predicted molar refractivity (Wildman–Crippen MR) is 66.1 cm³/mol. The van der Waals surface area contributed by atoms with Gasteiger partial charge in [-0.3, -0.25) is 4.79 Å². The van der Waals surface area contributed by atoms with Crippen molar-refractivity contribution in [2.24, 2.45) is 0 Å². The second-order valence-electron chi connectivity index (χ2n) is 3.97. The monoisotopic (exact) mass is 216 g/mol. The van der Waals surface area contributed by atoms with Crippen LogP contribution in [0.15, 0.2) is 18.2 Å². The number of aromatic nitrogens is 1. The molecule has 16 heavy (non-hydrogen) atoms. The number of H-pyrrole nitrogens is 1. The molecule has 0 atom stereocenters. The second-order valence-corrected chi connectivity index (χ2v) is 3.97.